The second-order valence-corrected chi connectivity index (χ2v) is 8.78. The second kappa shape index (κ2) is 8.89. The van der Waals surface area contributed by atoms with E-state index in [1.807, 2.05) is 0 Å². The second-order valence-electron chi connectivity index (χ2n) is 7.67. The molecule has 0 saturated heterocycles. The number of carbonyl (C=O) groups excluding carboxylic acids is 2. The Morgan fingerprint density at radius 2 is 1.81 bits per heavy atom. The van der Waals surface area contributed by atoms with Crippen LogP contribution in [0.25, 0.3) is 0 Å². The molecule has 0 radical (unpaired) electrons. The van der Waals surface area contributed by atoms with Gasteiger partial charge in [-0.25, -0.2) is 4.39 Å². The summed E-state index contributed by atoms with van der Waals surface area (Å²) in [6, 6.07) is 12.9. The lowest BCUT2D eigenvalue weighted by Crippen LogP contribution is -2.19. The summed E-state index contributed by atoms with van der Waals surface area (Å²) in [5.74, 6) is -0.250. The number of hydrogen-bond donors (Lipinski definition) is 2. The van der Waals surface area contributed by atoms with Crippen LogP contribution in [0.3, 0.4) is 0 Å². The number of nitrogens with one attached hydrogen (secondary N) is 2. The highest BCUT2D eigenvalue weighted by molar-refractivity contribution is 7.17. The lowest BCUT2D eigenvalue weighted by Gasteiger charge is -2.18. The molecule has 2 amide bonds. The van der Waals surface area contributed by atoms with Crippen molar-refractivity contribution in [3.8, 4) is 5.75 Å². The molecule has 1 aromatic heterocycles. The third-order valence-electron chi connectivity index (χ3n) is 5.43. The Morgan fingerprint density at radius 1 is 1.06 bits per heavy atom. The Morgan fingerprint density at radius 3 is 2.52 bits per heavy atom. The van der Waals surface area contributed by atoms with Gasteiger partial charge in [-0.2, -0.15) is 0 Å². The van der Waals surface area contributed by atoms with Crippen LogP contribution >= 0.6 is 11.3 Å². The number of amides is 2. The molecule has 1 unspecified atom stereocenters. The van der Waals surface area contributed by atoms with Crippen LogP contribution in [0.5, 0.6) is 5.75 Å². The van der Waals surface area contributed by atoms with E-state index < -0.39 is 11.7 Å². The van der Waals surface area contributed by atoms with Crippen LogP contribution in [0.1, 0.15) is 44.5 Å². The molecule has 1 aliphatic rings. The van der Waals surface area contributed by atoms with E-state index in [1.54, 1.807) is 37.4 Å². The molecule has 5 nitrogen and oxygen atoms in total. The summed E-state index contributed by atoms with van der Waals surface area (Å²) < 4.78 is 19.2. The van der Waals surface area contributed by atoms with Crippen molar-refractivity contribution < 1.29 is 18.7 Å². The van der Waals surface area contributed by atoms with Crippen LogP contribution < -0.4 is 15.4 Å². The number of halogens is 1. The summed E-state index contributed by atoms with van der Waals surface area (Å²) in [5.41, 5.74) is 2.01. The predicted molar refractivity (Wildman–Crippen MR) is 121 cm³/mol. The van der Waals surface area contributed by atoms with E-state index in [4.69, 9.17) is 4.74 Å². The molecule has 7 heteroatoms. The molecule has 0 aliphatic heterocycles. The topological polar surface area (TPSA) is 67.4 Å². The molecule has 1 aliphatic carbocycles. The average molecular weight is 439 g/mol. The van der Waals surface area contributed by atoms with Crippen molar-refractivity contribution in [2.45, 2.75) is 26.2 Å². The van der Waals surface area contributed by atoms with E-state index in [-0.39, 0.29) is 11.5 Å². The van der Waals surface area contributed by atoms with Gasteiger partial charge < -0.3 is 15.4 Å². The minimum atomic E-state index is -0.598. The highest BCUT2D eigenvalue weighted by Crippen LogP contribution is 2.40. The molecule has 0 spiro atoms. The fourth-order valence-electron chi connectivity index (χ4n) is 3.76. The van der Waals surface area contributed by atoms with Crippen LogP contribution in [-0.4, -0.2) is 18.9 Å². The van der Waals surface area contributed by atoms with Crippen molar-refractivity contribution in [1.82, 2.24) is 0 Å². The van der Waals surface area contributed by atoms with Gasteiger partial charge in [0.15, 0.2) is 0 Å². The van der Waals surface area contributed by atoms with E-state index in [0.717, 1.165) is 29.7 Å². The molecule has 0 fully saturated rings. The van der Waals surface area contributed by atoms with Gasteiger partial charge in [0.2, 0.25) is 0 Å². The summed E-state index contributed by atoms with van der Waals surface area (Å²) in [4.78, 5) is 27.1. The van der Waals surface area contributed by atoms with Crippen LogP contribution in [0.4, 0.5) is 15.1 Å². The van der Waals surface area contributed by atoms with E-state index in [1.165, 1.54) is 29.5 Å². The zero-order chi connectivity index (χ0) is 22.0. The predicted octanol–water partition coefficient (Wildman–Crippen LogP) is 5.53. The number of benzene rings is 2. The maximum absolute atomic E-state index is 14.1. The summed E-state index contributed by atoms with van der Waals surface area (Å²) in [7, 11) is 1.58. The Kier molecular flexibility index (Phi) is 6.04. The van der Waals surface area contributed by atoms with Crippen molar-refractivity contribution in [3.63, 3.8) is 0 Å². The standard InChI is InChI=1S/C24H23FN2O3S/c1-14-7-12-18-20(13-14)31-24(27-22(28)17-5-3-4-6-19(17)25)21(18)23(29)26-15-8-10-16(30-2)11-9-15/h3-6,8-11,14H,7,12-13H2,1-2H3,(H,26,29)(H,27,28). The first kappa shape index (κ1) is 21.1. The van der Waals surface area contributed by atoms with E-state index in [0.29, 0.717) is 27.9 Å². The number of methoxy groups -OCH3 is 1. The zero-order valence-corrected chi connectivity index (χ0v) is 18.1. The smallest absolute Gasteiger partial charge is 0.259 e. The van der Waals surface area contributed by atoms with Crippen molar-refractivity contribution in [1.29, 1.82) is 0 Å². The van der Waals surface area contributed by atoms with Crippen LogP contribution in [0.2, 0.25) is 0 Å². The van der Waals surface area contributed by atoms with Gasteiger partial charge in [-0.05, 0) is 67.1 Å². The fraction of sp³-hybridized carbons (Fsp3) is 0.250. The summed E-state index contributed by atoms with van der Waals surface area (Å²) in [6.07, 6.45) is 2.61. The third-order valence-corrected chi connectivity index (χ3v) is 6.60. The summed E-state index contributed by atoms with van der Waals surface area (Å²) in [5, 5.41) is 6.15. The molecule has 1 atom stereocenters. The molecule has 3 aromatic rings. The molecular weight excluding hydrogens is 415 g/mol. The number of fused-ring (bicyclic) bond motifs is 1. The maximum atomic E-state index is 14.1. The van der Waals surface area contributed by atoms with Gasteiger partial charge in [-0.15, -0.1) is 11.3 Å². The van der Waals surface area contributed by atoms with Gasteiger partial charge in [-0.1, -0.05) is 19.1 Å². The Bertz CT molecular complexity index is 1120. The van der Waals surface area contributed by atoms with Crippen molar-refractivity contribution in [3.05, 3.63) is 75.9 Å². The maximum Gasteiger partial charge on any atom is 0.259 e. The van der Waals surface area contributed by atoms with Gasteiger partial charge in [0.05, 0.1) is 18.2 Å². The Hall–Kier alpha value is -3.19. The van der Waals surface area contributed by atoms with Crippen molar-refractivity contribution >= 4 is 33.8 Å². The molecule has 1 heterocycles. The Labute approximate surface area is 184 Å². The van der Waals surface area contributed by atoms with E-state index in [9.17, 15) is 14.0 Å². The van der Waals surface area contributed by atoms with Crippen LogP contribution in [0, 0.1) is 11.7 Å². The number of thiophene rings is 1. The molecule has 4 rings (SSSR count). The van der Waals surface area contributed by atoms with Crippen molar-refractivity contribution in [2.75, 3.05) is 17.7 Å². The lowest BCUT2D eigenvalue weighted by atomic mass is 9.88. The largest absolute Gasteiger partial charge is 0.497 e. The fourth-order valence-corrected chi connectivity index (χ4v) is 5.17. The van der Waals surface area contributed by atoms with E-state index >= 15 is 0 Å². The van der Waals surface area contributed by atoms with Crippen LogP contribution in [0.15, 0.2) is 48.5 Å². The number of anilines is 2. The number of hydrogen-bond acceptors (Lipinski definition) is 4. The molecule has 2 aromatic carbocycles. The van der Waals surface area contributed by atoms with Gasteiger partial charge in [0, 0.05) is 10.6 Å². The van der Waals surface area contributed by atoms with Gasteiger partial charge >= 0.3 is 0 Å². The van der Waals surface area contributed by atoms with Crippen molar-refractivity contribution in [2.24, 2.45) is 5.92 Å². The molecular formula is C24H23FN2O3S. The number of rotatable bonds is 5. The first-order chi connectivity index (χ1) is 15.0. The highest BCUT2D eigenvalue weighted by Gasteiger charge is 2.29. The first-order valence-corrected chi connectivity index (χ1v) is 10.9. The molecule has 0 bridgehead atoms. The molecule has 31 heavy (non-hydrogen) atoms. The normalized spacial score (nSPS) is 15.1. The Balaban J connectivity index is 1.65. The third kappa shape index (κ3) is 4.46. The molecule has 2 N–H and O–H groups in total. The average Bonchev–Trinajstić information content (AvgIpc) is 3.11. The zero-order valence-electron chi connectivity index (χ0n) is 17.3. The van der Waals surface area contributed by atoms with E-state index in [2.05, 4.69) is 17.6 Å². The number of carbonyl (C=O) groups is 2. The van der Waals surface area contributed by atoms with Gasteiger partial charge in [0.1, 0.15) is 16.6 Å². The summed E-state index contributed by atoms with van der Waals surface area (Å²) >= 11 is 1.40. The SMILES string of the molecule is COc1ccc(NC(=O)c2c(NC(=O)c3ccccc3F)sc3c2CCC(C)C3)cc1. The number of ether oxygens (including phenoxy) is 1. The minimum Gasteiger partial charge on any atom is -0.497 e. The van der Waals surface area contributed by atoms with Gasteiger partial charge in [-0.3, -0.25) is 9.59 Å². The minimum absolute atomic E-state index is 0.0521. The van der Waals surface area contributed by atoms with Gasteiger partial charge in [0.25, 0.3) is 11.8 Å². The molecule has 160 valence electrons. The molecule has 0 saturated carbocycles. The highest BCUT2D eigenvalue weighted by atomic mass is 32.1. The van der Waals surface area contributed by atoms with Crippen LogP contribution in [-0.2, 0) is 12.8 Å². The quantitative estimate of drug-likeness (QED) is 0.551. The monoisotopic (exact) mass is 438 g/mol. The lowest BCUT2D eigenvalue weighted by molar-refractivity contribution is 0.102. The summed E-state index contributed by atoms with van der Waals surface area (Å²) in [6.45, 7) is 2.18. The first-order valence-electron chi connectivity index (χ1n) is 10.1.